The van der Waals surface area contributed by atoms with Crippen LogP contribution in [0.15, 0.2) is 48.7 Å². The Labute approximate surface area is 147 Å². The molecule has 0 saturated carbocycles. The Morgan fingerprint density at radius 3 is 2.70 bits per heavy atom. The van der Waals surface area contributed by atoms with Gasteiger partial charge in [0.1, 0.15) is 10.8 Å². The normalized spacial score (nSPS) is 10.9. The second kappa shape index (κ2) is 7.41. The monoisotopic (exact) mass is 366 g/mol. The molecular formula is C17H13Cl2FN2S. The van der Waals surface area contributed by atoms with Crippen molar-refractivity contribution < 1.29 is 4.39 Å². The average Bonchev–Trinajstić information content (AvgIpc) is 2.98. The van der Waals surface area contributed by atoms with Crippen molar-refractivity contribution >= 4 is 34.5 Å². The Kier molecular flexibility index (Phi) is 5.28. The smallest absolute Gasteiger partial charge is 0.127 e. The van der Waals surface area contributed by atoms with Crippen molar-refractivity contribution in [3.8, 4) is 10.4 Å². The topological polar surface area (TPSA) is 24.9 Å². The first-order valence-electron chi connectivity index (χ1n) is 6.98. The Balaban J connectivity index is 1.65. The molecule has 1 N–H and O–H groups in total. The third kappa shape index (κ3) is 4.09. The zero-order valence-corrected chi connectivity index (χ0v) is 14.4. The van der Waals surface area contributed by atoms with E-state index in [1.165, 1.54) is 6.07 Å². The fraction of sp³-hybridized carbons (Fsp3) is 0.118. The molecule has 118 valence electrons. The number of hydrogen-bond acceptors (Lipinski definition) is 3. The lowest BCUT2D eigenvalue weighted by molar-refractivity contribution is 0.587. The van der Waals surface area contributed by atoms with Crippen molar-refractivity contribution in [3.63, 3.8) is 0 Å². The van der Waals surface area contributed by atoms with Crippen molar-refractivity contribution in [1.29, 1.82) is 0 Å². The third-order valence-corrected chi connectivity index (χ3v) is 4.88. The molecule has 23 heavy (non-hydrogen) atoms. The number of halogens is 3. The first kappa shape index (κ1) is 16.4. The number of benzene rings is 2. The van der Waals surface area contributed by atoms with E-state index in [1.54, 1.807) is 41.8 Å². The maximum absolute atomic E-state index is 13.5. The lowest BCUT2D eigenvalue weighted by Crippen LogP contribution is -2.13. The highest BCUT2D eigenvalue weighted by Gasteiger charge is 2.09. The van der Waals surface area contributed by atoms with E-state index in [9.17, 15) is 4.39 Å². The Hall–Kier alpha value is -1.46. The predicted molar refractivity (Wildman–Crippen MR) is 94.5 cm³/mol. The Morgan fingerprint density at radius 2 is 1.91 bits per heavy atom. The van der Waals surface area contributed by atoms with Crippen molar-refractivity contribution in [2.45, 2.75) is 13.1 Å². The molecule has 1 aromatic heterocycles. The van der Waals surface area contributed by atoms with Gasteiger partial charge in [-0.1, -0.05) is 47.5 Å². The minimum absolute atomic E-state index is 0.201. The largest absolute Gasteiger partial charge is 0.306 e. The average molecular weight is 367 g/mol. The summed E-state index contributed by atoms with van der Waals surface area (Å²) < 4.78 is 13.5. The van der Waals surface area contributed by atoms with E-state index in [4.69, 9.17) is 23.2 Å². The SMILES string of the molecule is Fc1ccccc1CNCc1ncc(-c2ccc(Cl)cc2Cl)s1. The van der Waals surface area contributed by atoms with Crippen molar-refractivity contribution in [1.82, 2.24) is 10.3 Å². The summed E-state index contributed by atoms with van der Waals surface area (Å²) in [4.78, 5) is 5.36. The van der Waals surface area contributed by atoms with Gasteiger partial charge in [0, 0.05) is 35.4 Å². The van der Waals surface area contributed by atoms with Crippen LogP contribution in [-0.4, -0.2) is 4.98 Å². The van der Waals surface area contributed by atoms with Gasteiger partial charge in [0.15, 0.2) is 0 Å². The minimum atomic E-state index is -0.201. The summed E-state index contributed by atoms with van der Waals surface area (Å²) in [7, 11) is 0. The first-order chi connectivity index (χ1) is 11.1. The molecule has 0 radical (unpaired) electrons. The summed E-state index contributed by atoms with van der Waals surface area (Å²) in [6.07, 6.45) is 1.79. The molecule has 0 spiro atoms. The van der Waals surface area contributed by atoms with E-state index in [2.05, 4.69) is 10.3 Å². The van der Waals surface area contributed by atoms with Crippen molar-refractivity contribution in [3.05, 3.63) is 75.1 Å². The van der Waals surface area contributed by atoms with Crippen LogP contribution in [0.1, 0.15) is 10.6 Å². The van der Waals surface area contributed by atoms with Crippen LogP contribution in [0.2, 0.25) is 10.0 Å². The van der Waals surface area contributed by atoms with Gasteiger partial charge in [-0.3, -0.25) is 0 Å². The quantitative estimate of drug-likeness (QED) is 0.640. The predicted octanol–water partition coefficient (Wildman–Crippen LogP) is 5.55. The number of rotatable bonds is 5. The van der Waals surface area contributed by atoms with Crippen LogP contribution in [0.3, 0.4) is 0 Å². The molecule has 0 aliphatic rings. The van der Waals surface area contributed by atoms with E-state index in [0.29, 0.717) is 28.7 Å². The van der Waals surface area contributed by atoms with Crippen LogP contribution in [-0.2, 0) is 13.1 Å². The number of nitrogens with zero attached hydrogens (tertiary/aromatic N) is 1. The molecule has 6 heteroatoms. The third-order valence-electron chi connectivity index (χ3n) is 3.30. The lowest BCUT2D eigenvalue weighted by Gasteiger charge is -2.04. The maximum Gasteiger partial charge on any atom is 0.127 e. The van der Waals surface area contributed by atoms with Gasteiger partial charge >= 0.3 is 0 Å². The zero-order chi connectivity index (χ0) is 16.2. The molecule has 0 unspecified atom stereocenters. The second-order valence-corrected chi connectivity index (χ2v) is 6.90. The molecule has 0 bridgehead atoms. The fourth-order valence-corrected chi connectivity index (χ4v) is 3.64. The molecule has 0 fully saturated rings. The standard InChI is InChI=1S/C17H13Cl2FN2S/c18-12-5-6-13(14(19)7-12)16-9-22-17(23-16)10-21-8-11-3-1-2-4-15(11)20/h1-7,9,21H,8,10H2. The molecule has 2 aromatic carbocycles. The maximum atomic E-state index is 13.5. The molecule has 0 aliphatic heterocycles. The summed E-state index contributed by atoms with van der Waals surface area (Å²) in [6.45, 7) is 1.04. The van der Waals surface area contributed by atoms with Crippen molar-refractivity contribution in [2.24, 2.45) is 0 Å². The summed E-state index contributed by atoms with van der Waals surface area (Å²) in [6, 6.07) is 12.1. The Morgan fingerprint density at radius 1 is 1.09 bits per heavy atom. The minimum Gasteiger partial charge on any atom is -0.306 e. The number of nitrogens with one attached hydrogen (secondary N) is 1. The van der Waals surface area contributed by atoms with E-state index < -0.39 is 0 Å². The first-order valence-corrected chi connectivity index (χ1v) is 8.55. The van der Waals surface area contributed by atoms with Crippen LogP contribution >= 0.6 is 34.5 Å². The molecule has 0 aliphatic carbocycles. The molecule has 0 atom stereocenters. The van der Waals surface area contributed by atoms with Gasteiger partial charge in [0.05, 0.1) is 9.90 Å². The molecule has 2 nitrogen and oxygen atoms in total. The van der Waals surface area contributed by atoms with Gasteiger partial charge in [-0.25, -0.2) is 9.37 Å². The molecule has 0 amide bonds. The molecule has 1 heterocycles. The highest BCUT2D eigenvalue weighted by molar-refractivity contribution is 7.15. The molecule has 3 rings (SSSR count). The lowest BCUT2D eigenvalue weighted by atomic mass is 10.2. The Bertz CT molecular complexity index is 820. The number of thiazole rings is 1. The summed E-state index contributed by atoms with van der Waals surface area (Å²) in [5, 5.41) is 5.33. The van der Waals surface area contributed by atoms with E-state index in [-0.39, 0.29) is 5.82 Å². The van der Waals surface area contributed by atoms with E-state index in [1.807, 2.05) is 12.1 Å². The summed E-state index contributed by atoms with van der Waals surface area (Å²) in [5.41, 5.74) is 1.55. The van der Waals surface area contributed by atoms with Gasteiger partial charge in [-0.05, 0) is 18.2 Å². The van der Waals surface area contributed by atoms with Crippen LogP contribution in [0.25, 0.3) is 10.4 Å². The van der Waals surface area contributed by atoms with E-state index >= 15 is 0 Å². The number of aromatic nitrogens is 1. The van der Waals surface area contributed by atoms with E-state index in [0.717, 1.165) is 15.4 Å². The van der Waals surface area contributed by atoms with Crippen LogP contribution in [0, 0.1) is 5.82 Å². The highest BCUT2D eigenvalue weighted by Crippen LogP contribution is 2.33. The fourth-order valence-electron chi connectivity index (χ4n) is 2.15. The van der Waals surface area contributed by atoms with Crippen molar-refractivity contribution in [2.75, 3.05) is 0 Å². The molecular weight excluding hydrogens is 354 g/mol. The van der Waals surface area contributed by atoms with Gasteiger partial charge in [-0.2, -0.15) is 0 Å². The molecule has 3 aromatic rings. The van der Waals surface area contributed by atoms with Gasteiger partial charge in [0.2, 0.25) is 0 Å². The second-order valence-electron chi connectivity index (χ2n) is 4.94. The molecule has 0 saturated heterocycles. The van der Waals surface area contributed by atoms with Gasteiger partial charge in [-0.15, -0.1) is 11.3 Å². The van der Waals surface area contributed by atoms with Crippen LogP contribution in [0.4, 0.5) is 4.39 Å². The van der Waals surface area contributed by atoms with Crippen LogP contribution < -0.4 is 5.32 Å². The van der Waals surface area contributed by atoms with Gasteiger partial charge < -0.3 is 5.32 Å². The number of hydrogen-bond donors (Lipinski definition) is 1. The summed E-state index contributed by atoms with van der Waals surface area (Å²) >= 11 is 13.7. The zero-order valence-electron chi connectivity index (χ0n) is 12.0. The summed E-state index contributed by atoms with van der Waals surface area (Å²) in [5.74, 6) is -0.201. The highest BCUT2D eigenvalue weighted by atomic mass is 35.5. The van der Waals surface area contributed by atoms with Gasteiger partial charge in [0.25, 0.3) is 0 Å². The van der Waals surface area contributed by atoms with Crippen LogP contribution in [0.5, 0.6) is 0 Å².